The van der Waals surface area contributed by atoms with E-state index < -0.39 is 11.9 Å². The van der Waals surface area contributed by atoms with Gasteiger partial charge in [-0.1, -0.05) is 18.6 Å². The maximum atomic E-state index is 11.5. The van der Waals surface area contributed by atoms with Gasteiger partial charge in [-0.05, 0) is 32.1 Å². The first-order valence-corrected chi connectivity index (χ1v) is 6.67. The van der Waals surface area contributed by atoms with Crippen molar-refractivity contribution in [2.24, 2.45) is 5.92 Å². The highest BCUT2D eigenvalue weighted by Crippen LogP contribution is 2.20. The van der Waals surface area contributed by atoms with E-state index in [4.69, 9.17) is 5.11 Å². The predicted octanol–water partition coefficient (Wildman–Crippen LogP) is 2.45. The molecule has 0 bridgehead atoms. The molecule has 1 aliphatic carbocycles. The van der Waals surface area contributed by atoms with Gasteiger partial charge in [0.05, 0.1) is 5.92 Å². The molecule has 0 radical (unpaired) electrons. The van der Waals surface area contributed by atoms with E-state index >= 15 is 0 Å². The number of amides is 1. The SMILES string of the molecule is CC(=O)N(CCC1=CCCCC1)CC(C)C(=O)O. The van der Waals surface area contributed by atoms with Gasteiger partial charge in [-0.15, -0.1) is 0 Å². The molecule has 1 unspecified atom stereocenters. The smallest absolute Gasteiger partial charge is 0.308 e. The highest BCUT2D eigenvalue weighted by Gasteiger charge is 2.18. The third-order valence-electron chi connectivity index (χ3n) is 3.45. The lowest BCUT2D eigenvalue weighted by Crippen LogP contribution is -2.36. The fraction of sp³-hybridized carbons (Fsp3) is 0.714. The lowest BCUT2D eigenvalue weighted by molar-refractivity contribution is -0.142. The number of carbonyl (C=O) groups is 2. The minimum absolute atomic E-state index is 0.0421. The van der Waals surface area contributed by atoms with Crippen molar-refractivity contribution in [3.8, 4) is 0 Å². The molecule has 4 nitrogen and oxygen atoms in total. The fourth-order valence-corrected chi connectivity index (χ4v) is 2.20. The van der Waals surface area contributed by atoms with Gasteiger partial charge in [0, 0.05) is 20.0 Å². The monoisotopic (exact) mass is 253 g/mol. The second kappa shape index (κ2) is 7.19. The average molecular weight is 253 g/mol. The van der Waals surface area contributed by atoms with Crippen molar-refractivity contribution in [3.63, 3.8) is 0 Å². The Bertz CT molecular complexity index is 336. The molecule has 0 aliphatic heterocycles. The van der Waals surface area contributed by atoms with Crippen molar-refractivity contribution in [1.82, 2.24) is 4.90 Å². The van der Waals surface area contributed by atoms with Crippen molar-refractivity contribution >= 4 is 11.9 Å². The van der Waals surface area contributed by atoms with Crippen molar-refractivity contribution in [3.05, 3.63) is 11.6 Å². The van der Waals surface area contributed by atoms with E-state index in [2.05, 4.69) is 6.08 Å². The van der Waals surface area contributed by atoms with Gasteiger partial charge in [0.25, 0.3) is 0 Å². The molecule has 0 spiro atoms. The van der Waals surface area contributed by atoms with E-state index in [1.807, 2.05) is 0 Å². The van der Waals surface area contributed by atoms with Crippen LogP contribution in [0.2, 0.25) is 0 Å². The van der Waals surface area contributed by atoms with Crippen LogP contribution in [0.5, 0.6) is 0 Å². The van der Waals surface area contributed by atoms with E-state index in [0.29, 0.717) is 13.1 Å². The quantitative estimate of drug-likeness (QED) is 0.740. The molecule has 1 rings (SSSR count). The number of carboxylic acid groups (broad SMARTS) is 1. The molecular weight excluding hydrogens is 230 g/mol. The molecule has 0 aromatic heterocycles. The van der Waals surface area contributed by atoms with Crippen LogP contribution in [0.25, 0.3) is 0 Å². The second-order valence-corrected chi connectivity index (χ2v) is 5.06. The molecule has 1 atom stereocenters. The van der Waals surface area contributed by atoms with Crippen LogP contribution in [0.1, 0.15) is 46.0 Å². The van der Waals surface area contributed by atoms with Crippen LogP contribution in [0, 0.1) is 5.92 Å². The van der Waals surface area contributed by atoms with Crippen molar-refractivity contribution in [2.75, 3.05) is 13.1 Å². The standard InChI is InChI=1S/C14H23NO3/c1-11(14(17)18)10-15(12(2)16)9-8-13-6-4-3-5-7-13/h6,11H,3-5,7-10H2,1-2H3,(H,17,18). The van der Waals surface area contributed by atoms with E-state index in [0.717, 1.165) is 19.3 Å². The van der Waals surface area contributed by atoms with Gasteiger partial charge in [0.2, 0.25) is 5.91 Å². The van der Waals surface area contributed by atoms with E-state index in [1.54, 1.807) is 11.8 Å². The number of carbonyl (C=O) groups excluding carboxylic acids is 1. The number of hydrogen-bond acceptors (Lipinski definition) is 2. The fourth-order valence-electron chi connectivity index (χ4n) is 2.20. The largest absolute Gasteiger partial charge is 0.481 e. The van der Waals surface area contributed by atoms with Crippen LogP contribution in [-0.2, 0) is 9.59 Å². The van der Waals surface area contributed by atoms with Crippen LogP contribution in [0.3, 0.4) is 0 Å². The summed E-state index contributed by atoms with van der Waals surface area (Å²) in [5.41, 5.74) is 1.41. The van der Waals surface area contributed by atoms with Crippen LogP contribution in [0.4, 0.5) is 0 Å². The molecule has 0 aromatic carbocycles. The van der Waals surface area contributed by atoms with Gasteiger partial charge < -0.3 is 10.0 Å². The van der Waals surface area contributed by atoms with Crippen LogP contribution < -0.4 is 0 Å². The number of carboxylic acids is 1. The zero-order chi connectivity index (χ0) is 13.5. The number of rotatable bonds is 6. The summed E-state index contributed by atoms with van der Waals surface area (Å²) in [4.78, 5) is 23.9. The number of aliphatic carboxylic acids is 1. The Kier molecular flexibility index (Phi) is 5.89. The van der Waals surface area contributed by atoms with Crippen molar-refractivity contribution in [2.45, 2.75) is 46.0 Å². The minimum Gasteiger partial charge on any atom is -0.481 e. The third kappa shape index (κ3) is 4.90. The number of nitrogens with zero attached hydrogens (tertiary/aromatic N) is 1. The molecule has 0 fully saturated rings. The molecule has 0 heterocycles. The normalized spacial score (nSPS) is 16.9. The first kappa shape index (κ1) is 14.7. The third-order valence-corrected chi connectivity index (χ3v) is 3.45. The first-order chi connectivity index (χ1) is 8.50. The van der Waals surface area contributed by atoms with E-state index in [1.165, 1.54) is 25.3 Å². The van der Waals surface area contributed by atoms with Gasteiger partial charge in [-0.3, -0.25) is 9.59 Å². The molecule has 4 heteroatoms. The molecule has 1 aliphatic rings. The predicted molar refractivity (Wildman–Crippen MR) is 70.2 cm³/mol. The van der Waals surface area contributed by atoms with Gasteiger partial charge in [0.1, 0.15) is 0 Å². The van der Waals surface area contributed by atoms with Gasteiger partial charge in [0.15, 0.2) is 0 Å². The minimum atomic E-state index is -0.849. The van der Waals surface area contributed by atoms with Crippen LogP contribution in [-0.4, -0.2) is 35.0 Å². The summed E-state index contributed by atoms with van der Waals surface area (Å²) in [5.74, 6) is -1.40. The van der Waals surface area contributed by atoms with E-state index in [9.17, 15) is 9.59 Å². The average Bonchev–Trinajstić information content (AvgIpc) is 2.34. The highest BCUT2D eigenvalue weighted by atomic mass is 16.4. The van der Waals surface area contributed by atoms with Crippen LogP contribution >= 0.6 is 0 Å². The van der Waals surface area contributed by atoms with Gasteiger partial charge in [-0.2, -0.15) is 0 Å². The summed E-state index contributed by atoms with van der Waals surface area (Å²) < 4.78 is 0. The van der Waals surface area contributed by atoms with Crippen LogP contribution in [0.15, 0.2) is 11.6 Å². The molecule has 102 valence electrons. The Morgan fingerprint density at radius 2 is 2.17 bits per heavy atom. The number of hydrogen-bond donors (Lipinski definition) is 1. The Hall–Kier alpha value is -1.32. The molecule has 0 saturated heterocycles. The Morgan fingerprint density at radius 3 is 2.67 bits per heavy atom. The topological polar surface area (TPSA) is 57.6 Å². The maximum Gasteiger partial charge on any atom is 0.308 e. The summed E-state index contributed by atoms with van der Waals surface area (Å²) >= 11 is 0. The number of allylic oxidation sites excluding steroid dienone is 1. The molecule has 0 saturated carbocycles. The van der Waals surface area contributed by atoms with Crippen molar-refractivity contribution in [1.29, 1.82) is 0 Å². The Morgan fingerprint density at radius 1 is 1.44 bits per heavy atom. The van der Waals surface area contributed by atoms with Gasteiger partial charge >= 0.3 is 5.97 Å². The molecule has 0 aromatic rings. The summed E-state index contributed by atoms with van der Waals surface area (Å²) in [6, 6.07) is 0. The first-order valence-electron chi connectivity index (χ1n) is 6.67. The Balaban J connectivity index is 2.45. The lowest BCUT2D eigenvalue weighted by atomic mass is 9.97. The summed E-state index contributed by atoms with van der Waals surface area (Å²) in [5, 5.41) is 8.88. The van der Waals surface area contributed by atoms with E-state index in [-0.39, 0.29) is 5.91 Å². The zero-order valence-corrected chi connectivity index (χ0v) is 11.3. The summed E-state index contributed by atoms with van der Waals surface area (Å²) in [6.45, 7) is 4.08. The summed E-state index contributed by atoms with van der Waals surface area (Å²) in [6.07, 6.45) is 7.91. The second-order valence-electron chi connectivity index (χ2n) is 5.06. The van der Waals surface area contributed by atoms with Gasteiger partial charge in [-0.25, -0.2) is 0 Å². The Labute approximate surface area is 109 Å². The zero-order valence-electron chi connectivity index (χ0n) is 11.3. The highest BCUT2D eigenvalue weighted by molar-refractivity contribution is 5.75. The summed E-state index contributed by atoms with van der Waals surface area (Å²) in [7, 11) is 0. The molecule has 1 amide bonds. The van der Waals surface area contributed by atoms with Crippen molar-refractivity contribution < 1.29 is 14.7 Å². The molecule has 18 heavy (non-hydrogen) atoms. The molecule has 1 N–H and O–H groups in total. The lowest BCUT2D eigenvalue weighted by Gasteiger charge is -2.24. The maximum absolute atomic E-state index is 11.5. The molecular formula is C14H23NO3.